The lowest BCUT2D eigenvalue weighted by Crippen LogP contribution is -2.57. The van der Waals surface area contributed by atoms with E-state index in [4.69, 9.17) is 4.42 Å². The second kappa shape index (κ2) is 6.79. The zero-order valence-electron chi connectivity index (χ0n) is 14.4. The van der Waals surface area contributed by atoms with E-state index in [1.807, 2.05) is 13.8 Å². The van der Waals surface area contributed by atoms with Crippen molar-refractivity contribution in [2.75, 3.05) is 13.1 Å². The fourth-order valence-corrected chi connectivity index (χ4v) is 3.62. The number of hydrogen-bond acceptors (Lipinski definition) is 4. The van der Waals surface area contributed by atoms with Crippen LogP contribution in [0.4, 0.5) is 0 Å². The van der Waals surface area contributed by atoms with Crippen LogP contribution in [0.2, 0.25) is 0 Å². The molecule has 6 nitrogen and oxygen atoms in total. The number of nitrogens with one attached hydrogen (secondary N) is 1. The first-order valence-corrected chi connectivity index (χ1v) is 8.64. The molecule has 1 aliphatic carbocycles. The van der Waals surface area contributed by atoms with Gasteiger partial charge in [0.1, 0.15) is 5.76 Å². The van der Waals surface area contributed by atoms with Crippen LogP contribution in [-0.4, -0.2) is 40.8 Å². The summed E-state index contributed by atoms with van der Waals surface area (Å²) in [4.78, 5) is 30.1. The van der Waals surface area contributed by atoms with Gasteiger partial charge in [-0.25, -0.2) is 4.98 Å². The smallest absolute Gasteiger partial charge is 0.245 e. The Morgan fingerprint density at radius 1 is 1.50 bits per heavy atom. The number of rotatable bonds is 5. The molecule has 1 aromatic rings. The molecule has 2 atom stereocenters. The topological polar surface area (TPSA) is 75.4 Å². The van der Waals surface area contributed by atoms with E-state index >= 15 is 0 Å². The lowest BCUT2D eigenvalue weighted by Gasteiger charge is -2.42. The molecule has 0 radical (unpaired) electrons. The summed E-state index contributed by atoms with van der Waals surface area (Å²) in [5.74, 6) is 2.10. The fraction of sp³-hybridized carbons (Fsp3) is 0.611. The van der Waals surface area contributed by atoms with Gasteiger partial charge < -0.3 is 14.6 Å². The maximum absolute atomic E-state index is 12.4. The van der Waals surface area contributed by atoms with Crippen molar-refractivity contribution in [3.05, 3.63) is 30.0 Å². The molecule has 130 valence electrons. The second-order valence-corrected chi connectivity index (χ2v) is 6.90. The molecule has 3 rings (SSSR count). The van der Waals surface area contributed by atoms with E-state index in [0.717, 1.165) is 30.7 Å². The van der Waals surface area contributed by atoms with Gasteiger partial charge in [-0.05, 0) is 25.8 Å². The van der Waals surface area contributed by atoms with E-state index in [2.05, 4.69) is 16.9 Å². The monoisotopic (exact) mass is 331 g/mol. The number of amides is 2. The Kier molecular flexibility index (Phi) is 4.73. The van der Waals surface area contributed by atoms with Crippen LogP contribution in [0.15, 0.2) is 17.1 Å². The number of aryl methyl sites for hydroxylation is 2. The van der Waals surface area contributed by atoms with Crippen LogP contribution in [0.5, 0.6) is 0 Å². The zero-order valence-corrected chi connectivity index (χ0v) is 14.4. The molecule has 2 heterocycles. The van der Waals surface area contributed by atoms with Crippen molar-refractivity contribution in [3.63, 3.8) is 0 Å². The highest BCUT2D eigenvalue weighted by Crippen LogP contribution is 2.34. The van der Waals surface area contributed by atoms with E-state index in [1.54, 1.807) is 4.90 Å². The molecule has 1 N–H and O–H groups in total. The molecule has 1 aliphatic heterocycles. The molecule has 0 spiro atoms. The zero-order chi connectivity index (χ0) is 17.3. The first-order valence-electron chi connectivity index (χ1n) is 8.64. The normalized spacial score (nSPS) is 21.6. The van der Waals surface area contributed by atoms with E-state index in [1.165, 1.54) is 6.08 Å². The Morgan fingerprint density at radius 2 is 2.25 bits per heavy atom. The highest BCUT2D eigenvalue weighted by atomic mass is 16.4. The van der Waals surface area contributed by atoms with E-state index in [0.29, 0.717) is 31.3 Å². The maximum Gasteiger partial charge on any atom is 0.245 e. The van der Waals surface area contributed by atoms with Crippen LogP contribution < -0.4 is 5.32 Å². The summed E-state index contributed by atoms with van der Waals surface area (Å²) in [5.41, 5.74) is 0.966. The van der Waals surface area contributed by atoms with Crippen molar-refractivity contribution < 1.29 is 14.0 Å². The summed E-state index contributed by atoms with van der Waals surface area (Å²) < 4.78 is 5.62. The van der Waals surface area contributed by atoms with Gasteiger partial charge in [0.2, 0.25) is 11.8 Å². The number of hydrogen-bond donors (Lipinski definition) is 1. The molecule has 2 amide bonds. The fourth-order valence-electron chi connectivity index (χ4n) is 3.62. The van der Waals surface area contributed by atoms with Crippen molar-refractivity contribution in [3.8, 4) is 0 Å². The number of carbonyl (C=O) groups is 2. The standard InChI is InChI=1S/C18H25N3O3/c1-4-17(23)21-9-14(10-21)11(2)19-16(22)8-13-6-5-7-15-18(13)20-12(3)24-15/h4,11,13-14H,1,5-10H2,2-3H3,(H,19,22). The predicted molar refractivity (Wildman–Crippen MR) is 89.4 cm³/mol. The van der Waals surface area contributed by atoms with Crippen LogP contribution in [0.3, 0.4) is 0 Å². The first kappa shape index (κ1) is 16.7. The molecule has 1 fully saturated rings. The van der Waals surface area contributed by atoms with Crippen molar-refractivity contribution in [1.29, 1.82) is 0 Å². The third-order valence-corrected chi connectivity index (χ3v) is 5.10. The van der Waals surface area contributed by atoms with Crippen LogP contribution in [-0.2, 0) is 16.0 Å². The minimum absolute atomic E-state index is 0.0408. The van der Waals surface area contributed by atoms with Crippen molar-refractivity contribution >= 4 is 11.8 Å². The number of oxazole rings is 1. The molecule has 0 aromatic carbocycles. The average molecular weight is 331 g/mol. The molecule has 24 heavy (non-hydrogen) atoms. The van der Waals surface area contributed by atoms with Gasteiger partial charge in [0.05, 0.1) is 5.69 Å². The quantitative estimate of drug-likeness (QED) is 0.837. The predicted octanol–water partition coefficient (Wildman–Crippen LogP) is 1.94. The number of nitrogens with zero attached hydrogens (tertiary/aromatic N) is 2. The highest BCUT2D eigenvalue weighted by molar-refractivity contribution is 5.87. The molecule has 1 saturated heterocycles. The molecular formula is C18H25N3O3. The maximum atomic E-state index is 12.4. The van der Waals surface area contributed by atoms with Gasteiger partial charge in [-0.15, -0.1) is 0 Å². The summed E-state index contributed by atoms with van der Waals surface area (Å²) >= 11 is 0. The minimum Gasteiger partial charge on any atom is -0.446 e. The largest absolute Gasteiger partial charge is 0.446 e. The molecule has 2 aliphatic rings. The Balaban J connectivity index is 1.50. The SMILES string of the molecule is C=CC(=O)N1CC(C(C)NC(=O)CC2CCCc3oc(C)nc32)C1. The average Bonchev–Trinajstić information content (AvgIpc) is 2.86. The van der Waals surface area contributed by atoms with E-state index in [9.17, 15) is 9.59 Å². The van der Waals surface area contributed by atoms with Gasteiger partial charge in [-0.3, -0.25) is 9.59 Å². The van der Waals surface area contributed by atoms with Crippen LogP contribution >= 0.6 is 0 Å². The summed E-state index contributed by atoms with van der Waals surface area (Å²) in [5, 5.41) is 3.08. The van der Waals surface area contributed by atoms with Gasteiger partial charge in [0.15, 0.2) is 5.89 Å². The molecular weight excluding hydrogens is 306 g/mol. The van der Waals surface area contributed by atoms with E-state index < -0.39 is 0 Å². The van der Waals surface area contributed by atoms with Gasteiger partial charge in [-0.1, -0.05) is 6.58 Å². The highest BCUT2D eigenvalue weighted by Gasteiger charge is 2.34. The van der Waals surface area contributed by atoms with Gasteiger partial charge in [-0.2, -0.15) is 0 Å². The third kappa shape index (κ3) is 3.37. The lowest BCUT2D eigenvalue weighted by molar-refractivity contribution is -0.133. The Labute approximate surface area is 142 Å². The number of aromatic nitrogens is 1. The van der Waals surface area contributed by atoms with Crippen molar-refractivity contribution in [2.45, 2.75) is 51.5 Å². The third-order valence-electron chi connectivity index (χ3n) is 5.10. The van der Waals surface area contributed by atoms with Crippen LogP contribution in [0.25, 0.3) is 0 Å². The van der Waals surface area contributed by atoms with Gasteiger partial charge in [0, 0.05) is 50.7 Å². The second-order valence-electron chi connectivity index (χ2n) is 6.90. The Morgan fingerprint density at radius 3 is 2.96 bits per heavy atom. The molecule has 0 saturated carbocycles. The summed E-state index contributed by atoms with van der Waals surface area (Å²) in [7, 11) is 0. The first-order chi connectivity index (χ1) is 11.5. The molecule has 0 bridgehead atoms. The minimum atomic E-state index is -0.0408. The molecule has 6 heteroatoms. The number of likely N-dealkylation sites (tertiary alicyclic amines) is 1. The number of carbonyl (C=O) groups excluding carboxylic acids is 2. The lowest BCUT2D eigenvalue weighted by atomic mass is 9.87. The van der Waals surface area contributed by atoms with Crippen molar-refractivity contribution in [1.82, 2.24) is 15.2 Å². The number of fused-ring (bicyclic) bond motifs is 1. The Hall–Kier alpha value is -2.11. The van der Waals surface area contributed by atoms with Crippen LogP contribution in [0.1, 0.15) is 49.4 Å². The summed E-state index contributed by atoms with van der Waals surface area (Å²) in [6.45, 7) is 8.71. The van der Waals surface area contributed by atoms with Crippen LogP contribution in [0, 0.1) is 12.8 Å². The van der Waals surface area contributed by atoms with E-state index in [-0.39, 0.29) is 23.8 Å². The molecule has 1 aromatic heterocycles. The van der Waals surface area contributed by atoms with Crippen molar-refractivity contribution in [2.24, 2.45) is 5.92 Å². The Bertz CT molecular complexity index is 646. The van der Waals surface area contributed by atoms with Gasteiger partial charge in [0.25, 0.3) is 0 Å². The summed E-state index contributed by atoms with van der Waals surface area (Å²) in [6, 6.07) is 0.0634. The van der Waals surface area contributed by atoms with Gasteiger partial charge >= 0.3 is 0 Å². The molecule has 2 unspecified atom stereocenters. The summed E-state index contributed by atoms with van der Waals surface area (Å²) in [6.07, 6.45) is 4.72.